The van der Waals surface area contributed by atoms with E-state index in [0.29, 0.717) is 0 Å². The fourth-order valence-corrected chi connectivity index (χ4v) is 0.258. The van der Waals surface area contributed by atoms with Crippen LogP contribution in [0.15, 0.2) is 5.18 Å². The molecule has 0 fully saturated rings. The van der Waals surface area contributed by atoms with Crippen LogP contribution in [0.5, 0.6) is 0 Å². The van der Waals surface area contributed by atoms with Gasteiger partial charge in [-0.05, 0) is 0 Å². The summed E-state index contributed by atoms with van der Waals surface area (Å²) in [7, 11) is 1.38. The molecule has 9 heavy (non-hydrogen) atoms. The van der Waals surface area contributed by atoms with Crippen molar-refractivity contribution in [2.75, 3.05) is 7.05 Å². The van der Waals surface area contributed by atoms with Crippen LogP contribution in [0.2, 0.25) is 0 Å². The minimum atomic E-state index is -0.950. The molecule has 5 heteroatoms. The van der Waals surface area contributed by atoms with Crippen LogP contribution in [0.4, 0.5) is 0 Å². The van der Waals surface area contributed by atoms with Crippen LogP contribution in [-0.4, -0.2) is 18.9 Å². The van der Waals surface area contributed by atoms with E-state index in [-0.39, 0.29) is 0 Å². The van der Waals surface area contributed by atoms with Gasteiger partial charge in [0.05, 0.1) is 0 Å². The topological polar surface area (TPSA) is 75.6 Å². The molecule has 0 saturated carbocycles. The van der Waals surface area contributed by atoms with E-state index in [0.717, 1.165) is 0 Å². The highest BCUT2D eigenvalue weighted by atomic mass is 16.3. The third-order valence-corrected chi connectivity index (χ3v) is 0.692. The second-order valence-corrected chi connectivity index (χ2v) is 1.33. The second kappa shape index (κ2) is 3.71. The Labute approximate surface area is 51.4 Å². The van der Waals surface area contributed by atoms with Crippen molar-refractivity contribution in [1.82, 2.24) is 5.32 Å². The highest BCUT2D eigenvalue weighted by Gasteiger charge is 2.05. The van der Waals surface area contributed by atoms with Gasteiger partial charge >= 0.3 is 0 Å². The van der Waals surface area contributed by atoms with Crippen molar-refractivity contribution >= 4 is 11.8 Å². The summed E-state index contributed by atoms with van der Waals surface area (Å²) in [4.78, 5) is 29.7. The number of amides is 2. The molecule has 0 rings (SSSR count). The molecular weight excluding hydrogens is 124 g/mol. The molecule has 0 unspecified atom stereocenters. The van der Waals surface area contributed by atoms with Crippen molar-refractivity contribution in [2.45, 2.75) is 6.42 Å². The first-order valence-electron chi connectivity index (χ1n) is 2.27. The Kier molecular flexibility index (Phi) is 3.19. The van der Waals surface area contributed by atoms with Crippen LogP contribution < -0.4 is 5.32 Å². The molecule has 0 atom stereocenters. The lowest BCUT2D eigenvalue weighted by Crippen LogP contribution is -2.20. The zero-order chi connectivity index (χ0) is 7.28. The zero-order valence-corrected chi connectivity index (χ0v) is 4.88. The monoisotopic (exact) mass is 130 g/mol. The summed E-state index contributed by atoms with van der Waals surface area (Å²) in [6, 6.07) is 0. The molecular formula is C4H6N2O3. The predicted octanol–water partition coefficient (Wildman–Crippen LogP) is -0.585. The number of nitrogens with zero attached hydrogens (tertiary/aromatic N) is 1. The maximum Gasteiger partial charge on any atom is 0.295 e. The molecule has 0 radical (unpaired) electrons. The largest absolute Gasteiger partial charge is 0.359 e. The van der Waals surface area contributed by atoms with Crippen LogP contribution >= 0.6 is 0 Å². The Balaban J connectivity index is 3.59. The number of rotatable bonds is 2. The minimum Gasteiger partial charge on any atom is -0.359 e. The number of hydrogen-bond donors (Lipinski definition) is 1. The Hall–Kier alpha value is -1.26. The molecule has 0 aliphatic rings. The average molecular weight is 130 g/mol. The van der Waals surface area contributed by atoms with E-state index in [1.165, 1.54) is 7.05 Å². The number of carbonyl (C=O) groups is 2. The van der Waals surface area contributed by atoms with E-state index in [9.17, 15) is 14.5 Å². The quantitative estimate of drug-likeness (QED) is 0.401. The maximum atomic E-state index is 10.3. The normalized spacial score (nSPS) is 8.11. The Morgan fingerprint density at radius 2 is 2.11 bits per heavy atom. The van der Waals surface area contributed by atoms with Gasteiger partial charge in [-0.3, -0.25) is 9.59 Å². The molecule has 0 spiro atoms. The molecule has 0 bridgehead atoms. The molecule has 1 N–H and O–H groups in total. The molecule has 0 aromatic rings. The molecule has 0 heterocycles. The van der Waals surface area contributed by atoms with Crippen LogP contribution in [0.3, 0.4) is 0 Å². The van der Waals surface area contributed by atoms with Crippen molar-refractivity contribution in [3.8, 4) is 0 Å². The summed E-state index contributed by atoms with van der Waals surface area (Å²) in [6.07, 6.45) is -0.458. The first kappa shape index (κ1) is 7.74. The van der Waals surface area contributed by atoms with E-state index < -0.39 is 18.2 Å². The van der Waals surface area contributed by atoms with Gasteiger partial charge in [0.25, 0.3) is 5.91 Å². The van der Waals surface area contributed by atoms with E-state index in [1.54, 1.807) is 0 Å². The third kappa shape index (κ3) is 3.33. The summed E-state index contributed by atoms with van der Waals surface area (Å²) in [6.45, 7) is 0. The lowest BCUT2D eigenvalue weighted by molar-refractivity contribution is -0.127. The van der Waals surface area contributed by atoms with Crippen LogP contribution in [-0.2, 0) is 9.59 Å². The fourth-order valence-electron chi connectivity index (χ4n) is 0.258. The molecule has 0 aliphatic heterocycles. The van der Waals surface area contributed by atoms with Crippen LogP contribution in [0.1, 0.15) is 6.42 Å². The van der Waals surface area contributed by atoms with Gasteiger partial charge in [0, 0.05) is 12.2 Å². The van der Waals surface area contributed by atoms with Gasteiger partial charge < -0.3 is 5.32 Å². The third-order valence-electron chi connectivity index (χ3n) is 0.692. The average Bonchev–Trinajstić information content (AvgIpc) is 1.87. The number of hydrogen-bond acceptors (Lipinski definition) is 3. The first-order valence-corrected chi connectivity index (χ1v) is 2.27. The lowest BCUT2D eigenvalue weighted by atomic mass is 10.4. The smallest absolute Gasteiger partial charge is 0.295 e. The maximum absolute atomic E-state index is 10.3. The van der Waals surface area contributed by atoms with Gasteiger partial charge in [-0.25, -0.2) is 0 Å². The van der Waals surface area contributed by atoms with Crippen molar-refractivity contribution < 1.29 is 9.59 Å². The highest BCUT2D eigenvalue weighted by Crippen LogP contribution is 1.81. The van der Waals surface area contributed by atoms with Crippen LogP contribution in [0.25, 0.3) is 0 Å². The summed E-state index contributed by atoms with van der Waals surface area (Å²) in [5.74, 6) is -1.45. The fraction of sp³-hybridized carbons (Fsp3) is 0.500. The molecule has 0 saturated heterocycles. The standard InChI is InChI=1S/C4H6N2O3/c1-5-3(7)2-4(8)6-9/h2H2,1H3,(H,5,7). The first-order chi connectivity index (χ1) is 4.20. The molecule has 0 aliphatic carbocycles. The Morgan fingerprint density at radius 1 is 1.56 bits per heavy atom. The molecule has 2 amide bonds. The highest BCUT2D eigenvalue weighted by molar-refractivity contribution is 5.96. The minimum absolute atomic E-state index is 0.458. The summed E-state index contributed by atoms with van der Waals surface area (Å²) >= 11 is 0. The summed E-state index contributed by atoms with van der Waals surface area (Å²) in [5.41, 5.74) is 0. The Morgan fingerprint density at radius 3 is 2.44 bits per heavy atom. The number of nitroso groups, excluding NO2 is 1. The van der Waals surface area contributed by atoms with Crippen molar-refractivity contribution in [1.29, 1.82) is 0 Å². The zero-order valence-electron chi connectivity index (χ0n) is 4.88. The van der Waals surface area contributed by atoms with Crippen molar-refractivity contribution in [3.05, 3.63) is 4.91 Å². The molecule has 50 valence electrons. The van der Waals surface area contributed by atoms with Gasteiger partial charge in [-0.15, -0.1) is 4.91 Å². The molecule has 5 nitrogen and oxygen atoms in total. The number of carbonyl (C=O) groups excluding carboxylic acids is 2. The SMILES string of the molecule is CNC(=O)CC(=O)N=O. The van der Waals surface area contributed by atoms with Crippen molar-refractivity contribution in [3.63, 3.8) is 0 Å². The summed E-state index contributed by atoms with van der Waals surface area (Å²) < 4.78 is 0. The predicted molar refractivity (Wildman–Crippen MR) is 29.5 cm³/mol. The van der Waals surface area contributed by atoms with Gasteiger partial charge in [-0.2, -0.15) is 0 Å². The van der Waals surface area contributed by atoms with E-state index in [2.05, 4.69) is 5.32 Å². The Bertz CT molecular complexity index is 143. The van der Waals surface area contributed by atoms with Crippen molar-refractivity contribution in [2.24, 2.45) is 5.18 Å². The lowest BCUT2D eigenvalue weighted by Gasteiger charge is -1.89. The van der Waals surface area contributed by atoms with E-state index >= 15 is 0 Å². The van der Waals surface area contributed by atoms with Gasteiger partial charge in [-0.1, -0.05) is 0 Å². The summed E-state index contributed by atoms with van der Waals surface area (Å²) in [5, 5.41) is 4.20. The van der Waals surface area contributed by atoms with E-state index in [1.807, 2.05) is 5.18 Å². The van der Waals surface area contributed by atoms with Gasteiger partial charge in [0.15, 0.2) is 0 Å². The molecule has 0 aromatic carbocycles. The van der Waals surface area contributed by atoms with E-state index in [4.69, 9.17) is 0 Å². The van der Waals surface area contributed by atoms with Crippen LogP contribution in [0, 0.1) is 4.91 Å². The molecule has 0 aromatic heterocycles. The van der Waals surface area contributed by atoms with Gasteiger partial charge in [0.2, 0.25) is 5.91 Å². The second-order valence-electron chi connectivity index (χ2n) is 1.33. The number of nitrogens with one attached hydrogen (secondary N) is 1. The van der Waals surface area contributed by atoms with Gasteiger partial charge in [0.1, 0.15) is 6.42 Å².